The Bertz CT molecular complexity index is 528. The molecule has 0 amide bonds. The molecule has 0 saturated heterocycles. The van der Waals surface area contributed by atoms with Crippen LogP contribution in [0.3, 0.4) is 0 Å². The molecule has 0 spiro atoms. The second-order valence-electron chi connectivity index (χ2n) is 3.28. The van der Waals surface area contributed by atoms with Gasteiger partial charge in [-0.3, -0.25) is 0 Å². The van der Waals surface area contributed by atoms with E-state index in [-0.39, 0.29) is 21.5 Å². The van der Waals surface area contributed by atoms with Gasteiger partial charge in [0.25, 0.3) is 0 Å². The number of halogens is 3. The highest BCUT2D eigenvalue weighted by atomic mass is 79.9. The van der Waals surface area contributed by atoms with Gasteiger partial charge in [-0.2, -0.15) is 0 Å². The Morgan fingerprint density at radius 2 is 2.06 bits per heavy atom. The van der Waals surface area contributed by atoms with E-state index < -0.39 is 11.6 Å². The Hall–Kier alpha value is -1.43. The number of nitrogens with two attached hydrogens (primary N) is 1. The predicted molar refractivity (Wildman–Crippen MR) is 58.7 cm³/mol. The van der Waals surface area contributed by atoms with Gasteiger partial charge in [0.15, 0.2) is 0 Å². The monoisotopic (exact) mass is 288 g/mol. The van der Waals surface area contributed by atoms with Gasteiger partial charge >= 0.3 is 0 Å². The highest BCUT2D eigenvalue weighted by molar-refractivity contribution is 9.10. The minimum absolute atomic E-state index is 0.111. The minimum Gasteiger partial charge on any atom is -0.367 e. The molecule has 0 aliphatic carbocycles. The van der Waals surface area contributed by atoms with Gasteiger partial charge in [-0.15, -0.1) is 0 Å². The molecule has 2 N–H and O–H groups in total. The van der Waals surface area contributed by atoms with E-state index in [1.165, 1.54) is 19.2 Å². The van der Waals surface area contributed by atoms with Crippen LogP contribution in [0.5, 0.6) is 0 Å². The zero-order valence-corrected chi connectivity index (χ0v) is 9.81. The molecule has 0 aliphatic rings. The maximum atomic E-state index is 13.8. The summed E-state index contributed by atoms with van der Waals surface area (Å²) in [5.41, 5.74) is 5.62. The first kappa shape index (κ1) is 11.1. The second-order valence-corrected chi connectivity index (χ2v) is 4.14. The van der Waals surface area contributed by atoms with Crippen LogP contribution in [0.2, 0.25) is 0 Å². The fourth-order valence-electron chi connectivity index (χ4n) is 1.40. The molecule has 16 heavy (non-hydrogen) atoms. The van der Waals surface area contributed by atoms with Gasteiger partial charge < -0.3 is 10.3 Å². The Balaban J connectivity index is 2.79. The van der Waals surface area contributed by atoms with Gasteiger partial charge in [-0.1, -0.05) is 5.16 Å². The van der Waals surface area contributed by atoms with Gasteiger partial charge in [0.05, 0.1) is 21.8 Å². The average Bonchev–Trinajstić information content (AvgIpc) is 2.63. The van der Waals surface area contributed by atoms with Crippen LogP contribution in [0.4, 0.5) is 14.7 Å². The molecule has 0 aliphatic heterocycles. The van der Waals surface area contributed by atoms with E-state index in [4.69, 9.17) is 5.73 Å². The molecule has 0 radical (unpaired) electrons. The van der Waals surface area contributed by atoms with Crippen LogP contribution >= 0.6 is 15.9 Å². The van der Waals surface area contributed by atoms with Crippen LogP contribution in [0.1, 0.15) is 5.56 Å². The van der Waals surface area contributed by atoms with Crippen molar-refractivity contribution in [1.29, 1.82) is 0 Å². The molecule has 0 fully saturated rings. The maximum absolute atomic E-state index is 13.8. The van der Waals surface area contributed by atoms with Gasteiger partial charge in [0.1, 0.15) is 11.6 Å². The lowest BCUT2D eigenvalue weighted by Gasteiger charge is -2.07. The SMILES string of the molecule is Cc1cc(Br)c(F)c(-c2cnoc2N)c1F. The number of hydrogen-bond donors (Lipinski definition) is 1. The van der Waals surface area contributed by atoms with Crippen LogP contribution in [0, 0.1) is 18.6 Å². The van der Waals surface area contributed by atoms with Crippen LogP contribution in [-0.2, 0) is 0 Å². The van der Waals surface area contributed by atoms with Crippen molar-refractivity contribution in [2.75, 3.05) is 5.73 Å². The highest BCUT2D eigenvalue weighted by Crippen LogP contribution is 2.35. The van der Waals surface area contributed by atoms with Crippen molar-refractivity contribution < 1.29 is 13.3 Å². The third-order valence-electron chi connectivity index (χ3n) is 2.21. The summed E-state index contributed by atoms with van der Waals surface area (Å²) in [6.45, 7) is 1.53. The number of aromatic nitrogens is 1. The summed E-state index contributed by atoms with van der Waals surface area (Å²) in [4.78, 5) is 0. The van der Waals surface area contributed by atoms with Crippen molar-refractivity contribution in [3.63, 3.8) is 0 Å². The second kappa shape index (κ2) is 3.86. The topological polar surface area (TPSA) is 52.0 Å². The summed E-state index contributed by atoms with van der Waals surface area (Å²) >= 11 is 3.01. The number of benzene rings is 1. The molecule has 1 aromatic carbocycles. The van der Waals surface area contributed by atoms with E-state index in [2.05, 4.69) is 25.6 Å². The van der Waals surface area contributed by atoms with E-state index in [0.29, 0.717) is 5.56 Å². The molecule has 84 valence electrons. The van der Waals surface area contributed by atoms with Gasteiger partial charge in [-0.05, 0) is 34.5 Å². The molecular weight excluding hydrogens is 282 g/mol. The van der Waals surface area contributed by atoms with E-state index in [0.717, 1.165) is 0 Å². The summed E-state index contributed by atoms with van der Waals surface area (Å²) in [7, 11) is 0. The van der Waals surface area contributed by atoms with E-state index in [1.807, 2.05) is 0 Å². The summed E-state index contributed by atoms with van der Waals surface area (Å²) < 4.78 is 32.3. The first-order valence-corrected chi connectivity index (χ1v) is 5.16. The largest absolute Gasteiger partial charge is 0.367 e. The minimum atomic E-state index is -0.724. The number of hydrogen-bond acceptors (Lipinski definition) is 3. The molecule has 2 aromatic rings. The molecule has 6 heteroatoms. The first-order valence-electron chi connectivity index (χ1n) is 4.37. The number of nitrogens with zero attached hydrogens (tertiary/aromatic N) is 1. The molecule has 0 bridgehead atoms. The lowest BCUT2D eigenvalue weighted by atomic mass is 10.0. The van der Waals surface area contributed by atoms with Crippen molar-refractivity contribution in [1.82, 2.24) is 5.16 Å². The highest BCUT2D eigenvalue weighted by Gasteiger charge is 2.21. The van der Waals surface area contributed by atoms with Crippen molar-refractivity contribution in [2.24, 2.45) is 0 Å². The molecule has 1 aromatic heterocycles. The van der Waals surface area contributed by atoms with Crippen molar-refractivity contribution in [3.05, 3.63) is 33.9 Å². The van der Waals surface area contributed by atoms with Crippen LogP contribution < -0.4 is 5.73 Å². The van der Waals surface area contributed by atoms with Crippen LogP contribution in [0.25, 0.3) is 11.1 Å². The molecule has 1 heterocycles. The summed E-state index contributed by atoms with van der Waals surface area (Å²) in [5, 5.41) is 3.39. The first-order chi connectivity index (χ1) is 7.52. The summed E-state index contributed by atoms with van der Waals surface area (Å²) in [6.07, 6.45) is 1.18. The maximum Gasteiger partial charge on any atom is 0.230 e. The molecule has 2 rings (SSSR count). The Morgan fingerprint density at radius 1 is 1.38 bits per heavy atom. The number of nitrogen functional groups attached to an aromatic ring is 1. The Kier molecular flexibility index (Phi) is 2.67. The fourth-order valence-corrected chi connectivity index (χ4v) is 1.94. The third kappa shape index (κ3) is 1.59. The van der Waals surface area contributed by atoms with Crippen molar-refractivity contribution >= 4 is 21.8 Å². The fraction of sp³-hybridized carbons (Fsp3) is 0.100. The zero-order chi connectivity index (χ0) is 11.9. The number of rotatable bonds is 1. The zero-order valence-electron chi connectivity index (χ0n) is 8.22. The van der Waals surface area contributed by atoms with Gasteiger partial charge in [-0.25, -0.2) is 8.78 Å². The lowest BCUT2D eigenvalue weighted by molar-refractivity contribution is 0.436. The van der Waals surface area contributed by atoms with Crippen LogP contribution in [-0.4, -0.2) is 5.16 Å². The van der Waals surface area contributed by atoms with E-state index >= 15 is 0 Å². The molecule has 0 atom stereocenters. The lowest BCUT2D eigenvalue weighted by Crippen LogP contribution is -1.96. The van der Waals surface area contributed by atoms with Crippen LogP contribution in [0.15, 0.2) is 21.3 Å². The molecular formula is C10H7BrF2N2O. The quantitative estimate of drug-likeness (QED) is 0.820. The third-order valence-corrected chi connectivity index (χ3v) is 2.78. The standard InChI is InChI=1S/C10H7BrF2N2O/c1-4-2-6(11)9(13)7(8(4)12)5-3-15-16-10(5)14/h2-3H,14H2,1H3. The normalized spacial score (nSPS) is 10.8. The van der Waals surface area contributed by atoms with Crippen molar-refractivity contribution in [2.45, 2.75) is 6.92 Å². The molecule has 0 saturated carbocycles. The smallest absolute Gasteiger partial charge is 0.230 e. The van der Waals surface area contributed by atoms with E-state index in [1.54, 1.807) is 0 Å². The number of anilines is 1. The Labute approximate surface area is 98.4 Å². The molecule has 0 unspecified atom stereocenters. The molecule has 3 nitrogen and oxygen atoms in total. The summed E-state index contributed by atoms with van der Waals surface area (Å²) in [5.74, 6) is -1.51. The van der Waals surface area contributed by atoms with Crippen molar-refractivity contribution in [3.8, 4) is 11.1 Å². The summed E-state index contributed by atoms with van der Waals surface area (Å²) in [6, 6.07) is 1.36. The van der Waals surface area contributed by atoms with Gasteiger partial charge in [0, 0.05) is 0 Å². The van der Waals surface area contributed by atoms with Gasteiger partial charge in [0.2, 0.25) is 5.88 Å². The van der Waals surface area contributed by atoms with E-state index in [9.17, 15) is 8.78 Å². The predicted octanol–water partition coefficient (Wildman–Crippen LogP) is 3.27. The number of aryl methyl sites for hydroxylation is 1. The Morgan fingerprint density at radius 3 is 2.62 bits per heavy atom. The average molecular weight is 289 g/mol.